The standard InChI is InChI=1S/C19H19N5O3S/c1-22-17-8-7-15(11-18(17)23(2)19(22)25)28(26,27)21-12-14-5-3-4-6-16(14)24-10-9-20-13-24/h3-11,13,21H,12H2,1-2H3. The molecule has 0 fully saturated rings. The second-order valence-corrected chi connectivity index (χ2v) is 8.24. The zero-order valence-electron chi connectivity index (χ0n) is 15.4. The van der Waals surface area contributed by atoms with Gasteiger partial charge in [0.2, 0.25) is 10.0 Å². The van der Waals surface area contributed by atoms with Crippen molar-refractivity contribution >= 4 is 21.1 Å². The van der Waals surface area contributed by atoms with Gasteiger partial charge in [-0.2, -0.15) is 0 Å². The van der Waals surface area contributed by atoms with Crippen molar-refractivity contribution < 1.29 is 8.42 Å². The number of fused-ring (bicyclic) bond motifs is 1. The van der Waals surface area contributed by atoms with Crippen molar-refractivity contribution in [1.82, 2.24) is 23.4 Å². The molecule has 0 unspecified atom stereocenters. The smallest absolute Gasteiger partial charge is 0.306 e. The molecule has 0 saturated carbocycles. The maximum atomic E-state index is 12.8. The van der Waals surface area contributed by atoms with Crippen molar-refractivity contribution in [2.24, 2.45) is 14.1 Å². The second kappa shape index (κ2) is 6.77. The number of nitrogens with one attached hydrogen (secondary N) is 1. The zero-order chi connectivity index (χ0) is 19.9. The average Bonchev–Trinajstić information content (AvgIpc) is 3.31. The van der Waals surface area contributed by atoms with Gasteiger partial charge in [-0.3, -0.25) is 9.13 Å². The highest BCUT2D eigenvalue weighted by Crippen LogP contribution is 2.19. The summed E-state index contributed by atoms with van der Waals surface area (Å²) in [6, 6.07) is 12.2. The summed E-state index contributed by atoms with van der Waals surface area (Å²) < 4.78 is 33.0. The van der Waals surface area contributed by atoms with Gasteiger partial charge in [0.05, 0.1) is 27.9 Å². The summed E-state index contributed by atoms with van der Waals surface area (Å²) in [4.78, 5) is 16.2. The minimum Gasteiger partial charge on any atom is -0.306 e. The molecule has 9 heteroatoms. The van der Waals surface area contributed by atoms with Crippen molar-refractivity contribution in [3.8, 4) is 5.69 Å². The molecular formula is C19H19N5O3S. The largest absolute Gasteiger partial charge is 0.328 e. The number of sulfonamides is 1. The Morgan fingerprint density at radius 2 is 1.79 bits per heavy atom. The van der Waals surface area contributed by atoms with Crippen LogP contribution in [0.1, 0.15) is 5.56 Å². The number of aromatic nitrogens is 4. The number of para-hydroxylation sites is 1. The molecule has 0 aliphatic carbocycles. The Labute approximate surface area is 161 Å². The van der Waals surface area contributed by atoms with Crippen LogP contribution in [-0.4, -0.2) is 27.1 Å². The lowest BCUT2D eigenvalue weighted by Gasteiger charge is -2.12. The number of hydrogen-bond donors (Lipinski definition) is 1. The van der Waals surface area contributed by atoms with Gasteiger partial charge in [-0.15, -0.1) is 0 Å². The molecule has 0 aliphatic heterocycles. The summed E-state index contributed by atoms with van der Waals surface area (Å²) in [6.07, 6.45) is 5.13. The molecule has 0 saturated heterocycles. The van der Waals surface area contributed by atoms with Crippen LogP contribution in [-0.2, 0) is 30.7 Å². The van der Waals surface area contributed by atoms with Gasteiger partial charge in [0.1, 0.15) is 0 Å². The van der Waals surface area contributed by atoms with Gasteiger partial charge in [0.25, 0.3) is 0 Å². The first-order chi connectivity index (χ1) is 13.4. The van der Waals surface area contributed by atoms with E-state index >= 15 is 0 Å². The predicted molar refractivity (Wildman–Crippen MR) is 106 cm³/mol. The fourth-order valence-corrected chi connectivity index (χ4v) is 4.25. The van der Waals surface area contributed by atoms with Gasteiger partial charge >= 0.3 is 5.69 Å². The van der Waals surface area contributed by atoms with Crippen molar-refractivity contribution in [2.75, 3.05) is 0 Å². The zero-order valence-corrected chi connectivity index (χ0v) is 16.2. The molecule has 0 amide bonds. The van der Waals surface area contributed by atoms with E-state index in [2.05, 4.69) is 9.71 Å². The van der Waals surface area contributed by atoms with Crippen molar-refractivity contribution in [1.29, 1.82) is 0 Å². The van der Waals surface area contributed by atoms with Gasteiger partial charge in [0, 0.05) is 33.0 Å². The summed E-state index contributed by atoms with van der Waals surface area (Å²) in [5, 5.41) is 0. The first kappa shape index (κ1) is 18.2. The first-order valence-corrected chi connectivity index (χ1v) is 10.1. The fraction of sp³-hybridized carbons (Fsp3) is 0.158. The van der Waals surface area contributed by atoms with Crippen LogP contribution >= 0.6 is 0 Å². The van der Waals surface area contributed by atoms with Gasteiger partial charge < -0.3 is 4.57 Å². The third-order valence-corrected chi connectivity index (χ3v) is 6.18. The topological polar surface area (TPSA) is 90.9 Å². The maximum absolute atomic E-state index is 12.8. The number of aryl methyl sites for hydroxylation is 2. The van der Waals surface area contributed by atoms with Gasteiger partial charge in [-0.05, 0) is 29.8 Å². The Morgan fingerprint density at radius 3 is 2.54 bits per heavy atom. The predicted octanol–water partition coefficient (Wildman–Crippen LogP) is 1.54. The van der Waals surface area contributed by atoms with E-state index in [1.54, 1.807) is 38.9 Å². The molecule has 0 spiro atoms. The molecule has 0 atom stereocenters. The summed E-state index contributed by atoms with van der Waals surface area (Å²) in [5.74, 6) is 0. The second-order valence-electron chi connectivity index (χ2n) is 6.47. The van der Waals surface area contributed by atoms with Crippen LogP contribution in [0.15, 0.2) is 70.9 Å². The third kappa shape index (κ3) is 3.04. The highest BCUT2D eigenvalue weighted by molar-refractivity contribution is 7.89. The molecule has 8 nitrogen and oxygen atoms in total. The lowest BCUT2D eigenvalue weighted by atomic mass is 10.2. The third-order valence-electron chi connectivity index (χ3n) is 4.78. The molecule has 1 N–H and O–H groups in total. The van der Waals surface area contributed by atoms with Crippen molar-refractivity contribution in [3.63, 3.8) is 0 Å². The van der Waals surface area contributed by atoms with E-state index < -0.39 is 10.0 Å². The number of benzene rings is 2. The molecule has 2 aromatic carbocycles. The Kier molecular flexibility index (Phi) is 4.40. The average molecular weight is 397 g/mol. The number of hydrogen-bond acceptors (Lipinski definition) is 4. The van der Waals surface area contributed by atoms with E-state index in [1.807, 2.05) is 28.8 Å². The Bertz CT molecular complexity index is 1320. The van der Waals surface area contributed by atoms with E-state index in [-0.39, 0.29) is 17.1 Å². The van der Waals surface area contributed by atoms with Gasteiger partial charge in [0.15, 0.2) is 0 Å². The monoisotopic (exact) mass is 397 g/mol. The van der Waals surface area contributed by atoms with Crippen LogP contribution in [0.2, 0.25) is 0 Å². The molecule has 28 heavy (non-hydrogen) atoms. The fourth-order valence-electron chi connectivity index (χ4n) is 3.22. The normalized spacial score (nSPS) is 11.9. The molecular weight excluding hydrogens is 378 g/mol. The summed E-state index contributed by atoms with van der Waals surface area (Å²) >= 11 is 0. The molecule has 4 aromatic rings. The van der Waals surface area contributed by atoms with Crippen LogP contribution in [0.4, 0.5) is 0 Å². The van der Waals surface area contributed by atoms with Crippen LogP contribution in [0.25, 0.3) is 16.7 Å². The lowest BCUT2D eigenvalue weighted by Crippen LogP contribution is -2.24. The Morgan fingerprint density at radius 1 is 1.04 bits per heavy atom. The Balaban J connectivity index is 1.65. The molecule has 2 heterocycles. The maximum Gasteiger partial charge on any atom is 0.328 e. The highest BCUT2D eigenvalue weighted by atomic mass is 32.2. The van der Waals surface area contributed by atoms with Crippen molar-refractivity contribution in [2.45, 2.75) is 11.4 Å². The highest BCUT2D eigenvalue weighted by Gasteiger charge is 2.17. The molecule has 0 bridgehead atoms. The van der Waals surface area contributed by atoms with Crippen LogP contribution in [0.5, 0.6) is 0 Å². The van der Waals surface area contributed by atoms with E-state index in [0.717, 1.165) is 11.3 Å². The van der Waals surface area contributed by atoms with Gasteiger partial charge in [-0.25, -0.2) is 22.9 Å². The minimum atomic E-state index is -3.76. The van der Waals surface area contributed by atoms with Crippen LogP contribution in [0, 0.1) is 0 Å². The molecule has 0 aliphatic rings. The van der Waals surface area contributed by atoms with E-state index in [9.17, 15) is 13.2 Å². The first-order valence-electron chi connectivity index (χ1n) is 8.60. The number of rotatable bonds is 5. The Hall–Kier alpha value is -3.17. The van der Waals surface area contributed by atoms with Crippen LogP contribution < -0.4 is 10.4 Å². The number of imidazole rings is 2. The van der Waals surface area contributed by atoms with Crippen LogP contribution in [0.3, 0.4) is 0 Å². The summed E-state index contributed by atoms with van der Waals surface area (Å²) in [5.41, 5.74) is 2.71. The molecule has 144 valence electrons. The molecule has 2 aromatic heterocycles. The lowest BCUT2D eigenvalue weighted by molar-refractivity contribution is 0.581. The quantitative estimate of drug-likeness (QED) is 0.553. The molecule has 4 rings (SSSR count). The van der Waals surface area contributed by atoms with Gasteiger partial charge in [-0.1, -0.05) is 18.2 Å². The summed E-state index contributed by atoms with van der Waals surface area (Å²) in [6.45, 7) is 0.127. The SMILES string of the molecule is Cn1c(=O)n(C)c2cc(S(=O)(=O)NCc3ccccc3-n3ccnc3)ccc21. The van der Waals surface area contributed by atoms with E-state index in [4.69, 9.17) is 0 Å². The van der Waals surface area contributed by atoms with Crippen molar-refractivity contribution in [3.05, 3.63) is 77.2 Å². The summed E-state index contributed by atoms with van der Waals surface area (Å²) in [7, 11) is -0.478. The number of nitrogens with zero attached hydrogens (tertiary/aromatic N) is 4. The minimum absolute atomic E-state index is 0.112. The molecule has 0 radical (unpaired) electrons. The van der Waals surface area contributed by atoms with E-state index in [1.165, 1.54) is 21.3 Å². The van der Waals surface area contributed by atoms with E-state index in [0.29, 0.717) is 11.0 Å².